The van der Waals surface area contributed by atoms with Crippen molar-refractivity contribution in [2.75, 3.05) is 0 Å². The number of hydrogen-bond donors (Lipinski definition) is 1. The summed E-state index contributed by atoms with van der Waals surface area (Å²) in [6, 6.07) is 50.4. The molecule has 1 atom stereocenters. The number of phenolic OH excluding ortho intramolecular Hbond substituents is 1. The Kier molecular flexibility index (Phi) is 11.1. The summed E-state index contributed by atoms with van der Waals surface area (Å²) >= 11 is 0. The van der Waals surface area contributed by atoms with E-state index in [1.54, 1.807) is 0 Å². The summed E-state index contributed by atoms with van der Waals surface area (Å²) in [6.07, 6.45) is 7.68. The van der Waals surface area contributed by atoms with Crippen LogP contribution in [0.5, 0.6) is 5.75 Å². The van der Waals surface area contributed by atoms with Crippen molar-refractivity contribution in [2.45, 2.75) is 99.8 Å². The lowest BCUT2D eigenvalue weighted by Gasteiger charge is -2.30. The molecule has 1 heterocycles. The minimum Gasteiger partial charge on any atom is -0.507 e. The van der Waals surface area contributed by atoms with Crippen LogP contribution in [0, 0.1) is 18.2 Å². The average Bonchev–Trinajstić information content (AvgIpc) is 3.72. The van der Waals surface area contributed by atoms with Gasteiger partial charge in [-0.1, -0.05) is 197 Å². The van der Waals surface area contributed by atoms with Crippen molar-refractivity contribution in [3.63, 3.8) is 0 Å². The molecule has 1 unspecified atom stereocenters. The van der Waals surface area contributed by atoms with E-state index in [-0.39, 0.29) is 34.0 Å². The van der Waals surface area contributed by atoms with Crippen molar-refractivity contribution in [3.8, 4) is 67.3 Å². The monoisotopic (exact) mass is 882 g/mol. The molecular weight excluding hydrogens is 813 g/mol. The summed E-state index contributed by atoms with van der Waals surface area (Å²) in [7, 11) is 0. The van der Waals surface area contributed by atoms with E-state index in [1.807, 2.05) is 42.5 Å². The maximum atomic E-state index is 12.5. The molecule has 0 spiro atoms. The van der Waals surface area contributed by atoms with Crippen LogP contribution < -0.4 is 0 Å². The number of phenols is 1. The quantitative estimate of drug-likeness (QED) is 0.157. The summed E-state index contributed by atoms with van der Waals surface area (Å²) in [4.78, 5) is 5.67. The molecule has 0 bridgehead atoms. The number of hydrogen-bond acceptors (Lipinski definition) is 2. The average molecular weight is 882 g/mol. The molecule has 67 heavy (non-hydrogen) atoms. The number of benzene rings is 7. The minimum absolute atomic E-state index is 0.0287. The lowest BCUT2D eigenvalue weighted by molar-refractivity contribution is 0.294. The van der Waals surface area contributed by atoms with Crippen molar-refractivity contribution in [1.29, 1.82) is 0 Å². The Hall–Kier alpha value is -6.71. The summed E-state index contributed by atoms with van der Waals surface area (Å²) in [6.45, 7) is 19.7. The third kappa shape index (κ3) is 8.97. The molecule has 0 fully saturated rings. The predicted molar refractivity (Wildman–Crippen MR) is 286 cm³/mol. The molecule has 1 aliphatic rings. The lowest BCUT2D eigenvalue weighted by Crippen LogP contribution is -2.19. The molecule has 1 aliphatic carbocycles. The first kappa shape index (κ1) is 41.7. The summed E-state index contributed by atoms with van der Waals surface area (Å²) in [5.41, 5.74) is 16.0. The number of para-hydroxylation sites is 1. The topological polar surface area (TPSA) is 38.0 Å². The first-order valence-electron chi connectivity index (χ1n) is 25.5. The number of aromatic nitrogens is 2. The number of fused-ring (bicyclic) bond motifs is 1. The Morgan fingerprint density at radius 1 is 0.612 bits per heavy atom. The van der Waals surface area contributed by atoms with Crippen LogP contribution in [0.4, 0.5) is 0 Å². The molecule has 1 aromatic heterocycles. The smallest absolute Gasteiger partial charge is 0.149 e. The zero-order valence-electron chi connectivity index (χ0n) is 43.9. The highest BCUT2D eigenvalue weighted by Gasteiger charge is 2.28. The first-order valence-corrected chi connectivity index (χ1v) is 24.0. The van der Waals surface area contributed by atoms with Crippen LogP contribution in [0.1, 0.15) is 119 Å². The second-order valence-electron chi connectivity index (χ2n) is 21.3. The van der Waals surface area contributed by atoms with Crippen LogP contribution >= 0.6 is 0 Å². The van der Waals surface area contributed by atoms with Crippen molar-refractivity contribution in [3.05, 3.63) is 192 Å². The third-order valence-corrected chi connectivity index (χ3v) is 13.8. The van der Waals surface area contributed by atoms with Gasteiger partial charge in [0, 0.05) is 15.2 Å². The van der Waals surface area contributed by atoms with Gasteiger partial charge in [-0.05, 0) is 145 Å². The maximum absolute atomic E-state index is 12.5. The van der Waals surface area contributed by atoms with E-state index in [0.717, 1.165) is 78.7 Å². The number of rotatable bonds is 9. The van der Waals surface area contributed by atoms with Gasteiger partial charge in [0.1, 0.15) is 11.6 Å². The first-order chi connectivity index (χ1) is 33.2. The van der Waals surface area contributed by atoms with Crippen LogP contribution in [-0.2, 0) is 5.41 Å². The van der Waals surface area contributed by atoms with E-state index in [1.165, 1.54) is 5.56 Å². The molecule has 9 rings (SSSR count). The van der Waals surface area contributed by atoms with Gasteiger partial charge in [-0.15, -0.1) is 0 Å². The summed E-state index contributed by atoms with van der Waals surface area (Å²) in [5.74, 6) is 1.25. The maximum Gasteiger partial charge on any atom is 0.149 e. The molecular formula is C64H66N2O. The fraction of sp³-hybridized carbons (Fsp3) is 0.266. The van der Waals surface area contributed by atoms with E-state index in [9.17, 15) is 5.11 Å². The number of aromatic hydroxyl groups is 1. The molecule has 0 amide bonds. The van der Waals surface area contributed by atoms with Crippen LogP contribution in [0.3, 0.4) is 0 Å². The van der Waals surface area contributed by atoms with Crippen molar-refractivity contribution >= 4 is 16.6 Å². The van der Waals surface area contributed by atoms with Crippen LogP contribution in [0.25, 0.3) is 78.2 Å². The molecule has 3 nitrogen and oxygen atoms in total. The van der Waals surface area contributed by atoms with Crippen LogP contribution in [0.2, 0.25) is 0 Å². The van der Waals surface area contributed by atoms with Crippen molar-refractivity contribution in [1.82, 2.24) is 9.55 Å². The largest absolute Gasteiger partial charge is 0.507 e. The lowest BCUT2D eigenvalue weighted by atomic mass is 9.75. The Bertz CT molecular complexity index is 3300. The van der Waals surface area contributed by atoms with E-state index in [0.29, 0.717) is 28.6 Å². The van der Waals surface area contributed by atoms with Gasteiger partial charge in [0.2, 0.25) is 0 Å². The highest BCUT2D eigenvalue weighted by atomic mass is 16.3. The fourth-order valence-corrected chi connectivity index (χ4v) is 9.60. The van der Waals surface area contributed by atoms with Gasteiger partial charge in [-0.25, -0.2) is 4.98 Å². The van der Waals surface area contributed by atoms with E-state index >= 15 is 0 Å². The van der Waals surface area contributed by atoms with Gasteiger partial charge < -0.3 is 5.11 Å². The Balaban J connectivity index is 1.39. The molecule has 0 saturated heterocycles. The zero-order valence-corrected chi connectivity index (χ0v) is 40.9. The number of aryl methyl sites for hydroxylation is 1. The normalized spacial score (nSPS) is 15.2. The second kappa shape index (κ2) is 17.8. The molecule has 0 saturated carbocycles. The van der Waals surface area contributed by atoms with Crippen molar-refractivity contribution < 1.29 is 9.22 Å². The van der Waals surface area contributed by atoms with E-state index in [4.69, 9.17) is 9.10 Å². The molecule has 0 radical (unpaired) electrons. The van der Waals surface area contributed by atoms with Crippen LogP contribution in [0.15, 0.2) is 164 Å². The number of nitrogens with zero attached hydrogens (tertiary/aromatic N) is 2. The Morgan fingerprint density at radius 2 is 1.25 bits per heavy atom. The van der Waals surface area contributed by atoms with Gasteiger partial charge in [-0.3, -0.25) is 4.57 Å². The molecule has 8 aromatic rings. The highest BCUT2D eigenvalue weighted by molar-refractivity contribution is 5.98. The summed E-state index contributed by atoms with van der Waals surface area (Å²) < 4.78 is 29.3. The number of imidazole rings is 1. The van der Waals surface area contributed by atoms with E-state index < -0.39 is 6.85 Å². The van der Waals surface area contributed by atoms with Gasteiger partial charge in [0.25, 0.3) is 0 Å². The SMILES string of the molecule is [2H]C([2H])([2H])c1cc(-n2c(-c3cc(C(C)C)cc(C(C)C)c3O)nc3c(-c4cc(-c5cccc(-c6ccccc6)c5)cc(C(C)(C)C)c4)cccc32)c(C2=CCC(C(C)(C)C)C=C2)cc1-c1ccccc1. The second-order valence-corrected chi connectivity index (χ2v) is 21.3. The minimum atomic E-state index is -2.46. The van der Waals surface area contributed by atoms with Gasteiger partial charge >= 0.3 is 0 Å². The Morgan fingerprint density at radius 3 is 1.88 bits per heavy atom. The molecule has 3 heteroatoms. The molecule has 338 valence electrons. The van der Waals surface area contributed by atoms with Crippen LogP contribution in [-0.4, -0.2) is 14.7 Å². The fourth-order valence-electron chi connectivity index (χ4n) is 9.60. The molecule has 1 N–H and O–H groups in total. The standard InChI is InChI=1S/C64H66N2O/c1-40(2)48-37-54(41(3)4)61(67)57(38-48)62-65-60-53(50-34-49(35-52(36-50)64(9,10)11)47-25-18-24-46(33-47)43-20-14-12-15-21-43)26-19-27-58(60)66(62)59-32-42(5)55(44-22-16-13-17-23-44)39-56(59)45-28-30-51(31-29-45)63(6,7)8/h12-30,32-41,51,67H,31H2,1-11H3/i5D3. The third-order valence-electron chi connectivity index (χ3n) is 13.8. The van der Waals surface area contributed by atoms with Crippen molar-refractivity contribution in [2.24, 2.45) is 11.3 Å². The molecule has 0 aliphatic heterocycles. The summed E-state index contributed by atoms with van der Waals surface area (Å²) in [5, 5.41) is 12.5. The highest BCUT2D eigenvalue weighted by Crippen LogP contribution is 2.46. The zero-order chi connectivity index (χ0) is 49.9. The Labute approximate surface area is 403 Å². The molecule has 7 aromatic carbocycles. The van der Waals surface area contributed by atoms with Gasteiger partial charge in [0.05, 0.1) is 22.3 Å². The van der Waals surface area contributed by atoms with Gasteiger partial charge in [0.15, 0.2) is 0 Å². The predicted octanol–water partition coefficient (Wildman–Crippen LogP) is 17.9. The van der Waals surface area contributed by atoms with Gasteiger partial charge in [-0.2, -0.15) is 0 Å². The number of allylic oxidation sites excluding steroid dienone is 4. The van der Waals surface area contributed by atoms with E-state index in [2.05, 4.69) is 195 Å².